The van der Waals surface area contributed by atoms with Gasteiger partial charge in [0.1, 0.15) is 0 Å². The van der Waals surface area contributed by atoms with E-state index >= 15 is 0 Å². The third-order valence-electron chi connectivity index (χ3n) is 3.27. The van der Waals surface area contributed by atoms with Gasteiger partial charge in [-0.05, 0) is 72.6 Å². The van der Waals surface area contributed by atoms with Gasteiger partial charge in [-0.2, -0.15) is 0 Å². The maximum atomic E-state index is 11.9. The molecule has 0 unspecified atom stereocenters. The third kappa shape index (κ3) is 4.82. The normalized spacial score (nSPS) is 10.1. The third-order valence-corrected chi connectivity index (χ3v) is 3.98. The SMILES string of the molecule is Cc1cccc(NC(=S)Nc2ccc(NC(=O)c3csnn3)cc2)c1. The van der Waals surface area contributed by atoms with Crippen LogP contribution in [-0.4, -0.2) is 20.6 Å². The number of hydrogen-bond donors (Lipinski definition) is 3. The number of nitrogens with zero attached hydrogens (tertiary/aromatic N) is 2. The predicted octanol–water partition coefficient (Wildman–Crippen LogP) is 3.91. The van der Waals surface area contributed by atoms with Gasteiger partial charge in [0.25, 0.3) is 5.91 Å². The molecule has 1 heterocycles. The number of amides is 1. The van der Waals surface area contributed by atoms with Crippen LogP contribution >= 0.6 is 23.8 Å². The molecule has 3 N–H and O–H groups in total. The smallest absolute Gasteiger partial charge is 0.277 e. The topological polar surface area (TPSA) is 78.9 Å². The molecule has 0 aliphatic rings. The molecule has 3 aromatic rings. The summed E-state index contributed by atoms with van der Waals surface area (Å²) in [5.41, 5.74) is 3.87. The van der Waals surface area contributed by atoms with Gasteiger partial charge in [0.05, 0.1) is 0 Å². The molecule has 8 heteroatoms. The lowest BCUT2D eigenvalue weighted by atomic mass is 10.2. The summed E-state index contributed by atoms with van der Waals surface area (Å²) in [6.07, 6.45) is 0. The Hall–Kier alpha value is -2.84. The number of aryl methyl sites for hydroxylation is 1. The van der Waals surface area contributed by atoms with E-state index in [4.69, 9.17) is 12.2 Å². The average Bonchev–Trinajstić information content (AvgIpc) is 3.11. The summed E-state index contributed by atoms with van der Waals surface area (Å²) in [5.74, 6) is -0.286. The van der Waals surface area contributed by atoms with E-state index in [2.05, 4.69) is 25.5 Å². The second-order valence-electron chi connectivity index (χ2n) is 5.27. The quantitative estimate of drug-likeness (QED) is 0.605. The molecule has 1 amide bonds. The van der Waals surface area contributed by atoms with E-state index in [0.29, 0.717) is 16.5 Å². The van der Waals surface area contributed by atoms with E-state index < -0.39 is 0 Å². The lowest BCUT2D eigenvalue weighted by Gasteiger charge is -2.11. The van der Waals surface area contributed by atoms with Crippen LogP contribution in [-0.2, 0) is 0 Å². The van der Waals surface area contributed by atoms with Crippen LogP contribution in [0, 0.1) is 6.92 Å². The number of aromatic nitrogens is 2. The van der Waals surface area contributed by atoms with Crippen molar-refractivity contribution in [3.63, 3.8) is 0 Å². The first kappa shape index (κ1) is 17.0. The second-order valence-corrected chi connectivity index (χ2v) is 6.29. The minimum atomic E-state index is -0.286. The lowest BCUT2D eigenvalue weighted by molar-refractivity contribution is 0.102. The Bertz CT molecular complexity index is 878. The highest BCUT2D eigenvalue weighted by atomic mass is 32.1. The molecule has 0 atom stereocenters. The summed E-state index contributed by atoms with van der Waals surface area (Å²) in [6.45, 7) is 2.02. The van der Waals surface area contributed by atoms with E-state index in [1.807, 2.05) is 43.3 Å². The molecule has 2 aromatic carbocycles. The van der Waals surface area contributed by atoms with Crippen molar-refractivity contribution in [2.45, 2.75) is 6.92 Å². The molecule has 25 heavy (non-hydrogen) atoms. The molecule has 0 saturated carbocycles. The molecule has 0 bridgehead atoms. The summed E-state index contributed by atoms with van der Waals surface area (Å²) in [4.78, 5) is 11.9. The van der Waals surface area contributed by atoms with Crippen molar-refractivity contribution >= 4 is 51.8 Å². The summed E-state index contributed by atoms with van der Waals surface area (Å²) in [5, 5.41) is 14.8. The maximum Gasteiger partial charge on any atom is 0.277 e. The van der Waals surface area contributed by atoms with Crippen molar-refractivity contribution in [1.82, 2.24) is 9.59 Å². The Labute approximate surface area is 154 Å². The van der Waals surface area contributed by atoms with E-state index in [1.54, 1.807) is 17.5 Å². The number of rotatable bonds is 4. The highest BCUT2D eigenvalue weighted by Crippen LogP contribution is 2.16. The molecule has 0 aliphatic heterocycles. The van der Waals surface area contributed by atoms with Crippen LogP contribution in [0.15, 0.2) is 53.9 Å². The van der Waals surface area contributed by atoms with Crippen LogP contribution in [0.3, 0.4) is 0 Å². The fourth-order valence-electron chi connectivity index (χ4n) is 2.11. The number of anilines is 3. The second kappa shape index (κ2) is 7.82. The number of hydrogen-bond acceptors (Lipinski definition) is 5. The Kier molecular flexibility index (Phi) is 5.32. The van der Waals surface area contributed by atoms with Gasteiger partial charge in [-0.1, -0.05) is 16.6 Å². The molecule has 0 saturated heterocycles. The number of benzene rings is 2. The monoisotopic (exact) mass is 369 g/mol. The molecule has 0 spiro atoms. The van der Waals surface area contributed by atoms with E-state index in [1.165, 1.54) is 0 Å². The largest absolute Gasteiger partial charge is 0.332 e. The van der Waals surface area contributed by atoms with Crippen molar-refractivity contribution in [2.24, 2.45) is 0 Å². The number of thiocarbonyl (C=S) groups is 1. The zero-order chi connectivity index (χ0) is 17.6. The van der Waals surface area contributed by atoms with Gasteiger partial charge >= 0.3 is 0 Å². The highest BCUT2D eigenvalue weighted by molar-refractivity contribution is 7.80. The molecule has 0 radical (unpaired) electrons. The zero-order valence-electron chi connectivity index (χ0n) is 13.3. The van der Waals surface area contributed by atoms with E-state index in [9.17, 15) is 4.79 Å². The van der Waals surface area contributed by atoms with Crippen LogP contribution in [0.1, 0.15) is 16.1 Å². The molecular weight excluding hydrogens is 354 g/mol. The fraction of sp³-hybridized carbons (Fsp3) is 0.0588. The van der Waals surface area contributed by atoms with Gasteiger partial charge in [-0.15, -0.1) is 5.10 Å². The molecule has 126 valence electrons. The molecule has 0 aliphatic carbocycles. The molecule has 3 rings (SSSR count). The van der Waals surface area contributed by atoms with E-state index in [-0.39, 0.29) is 5.91 Å². The minimum Gasteiger partial charge on any atom is -0.332 e. The molecule has 1 aromatic heterocycles. The molecular formula is C17H15N5OS2. The first-order valence-electron chi connectivity index (χ1n) is 7.43. The van der Waals surface area contributed by atoms with Crippen molar-refractivity contribution in [3.05, 3.63) is 65.2 Å². The van der Waals surface area contributed by atoms with Crippen LogP contribution in [0.4, 0.5) is 17.1 Å². The molecule has 6 nitrogen and oxygen atoms in total. The highest BCUT2D eigenvalue weighted by Gasteiger charge is 2.08. The number of carbonyl (C=O) groups is 1. The summed E-state index contributed by atoms with van der Waals surface area (Å²) < 4.78 is 3.67. The van der Waals surface area contributed by atoms with E-state index in [0.717, 1.165) is 28.5 Å². The van der Waals surface area contributed by atoms with Crippen LogP contribution in [0.25, 0.3) is 0 Å². The van der Waals surface area contributed by atoms with Crippen molar-refractivity contribution in [3.8, 4) is 0 Å². The lowest BCUT2D eigenvalue weighted by Crippen LogP contribution is -2.19. The Morgan fingerprint density at radius 1 is 1.00 bits per heavy atom. The molecule has 0 fully saturated rings. The zero-order valence-corrected chi connectivity index (χ0v) is 14.9. The van der Waals surface area contributed by atoms with Crippen molar-refractivity contribution in [1.29, 1.82) is 0 Å². The van der Waals surface area contributed by atoms with Crippen LogP contribution in [0.5, 0.6) is 0 Å². The number of carbonyl (C=O) groups excluding carboxylic acids is 1. The summed E-state index contributed by atoms with van der Waals surface area (Å²) in [7, 11) is 0. The number of nitrogens with one attached hydrogen (secondary N) is 3. The van der Waals surface area contributed by atoms with Crippen LogP contribution < -0.4 is 16.0 Å². The van der Waals surface area contributed by atoms with Crippen molar-refractivity contribution in [2.75, 3.05) is 16.0 Å². The Morgan fingerprint density at radius 2 is 1.68 bits per heavy atom. The maximum absolute atomic E-state index is 11.9. The van der Waals surface area contributed by atoms with Gasteiger partial charge < -0.3 is 16.0 Å². The standard InChI is InChI=1S/C17H15N5OS2/c1-11-3-2-4-14(9-11)20-17(24)19-13-7-5-12(6-8-13)18-16(23)15-10-25-22-21-15/h2-10H,1H3,(H,18,23)(H2,19,20,24). The summed E-state index contributed by atoms with van der Waals surface area (Å²) in [6, 6.07) is 15.2. The fourth-order valence-corrected chi connectivity index (χ4v) is 2.78. The predicted molar refractivity (Wildman–Crippen MR) is 105 cm³/mol. The van der Waals surface area contributed by atoms with Gasteiger partial charge in [0.2, 0.25) is 0 Å². The first-order valence-corrected chi connectivity index (χ1v) is 8.68. The Balaban J connectivity index is 1.57. The van der Waals surface area contributed by atoms with Gasteiger partial charge in [-0.3, -0.25) is 4.79 Å². The Morgan fingerprint density at radius 3 is 2.32 bits per heavy atom. The first-order chi connectivity index (χ1) is 12.1. The van der Waals surface area contributed by atoms with Crippen molar-refractivity contribution < 1.29 is 4.79 Å². The average molecular weight is 369 g/mol. The van der Waals surface area contributed by atoms with Gasteiger partial charge in [0, 0.05) is 22.4 Å². The van der Waals surface area contributed by atoms with Gasteiger partial charge in [-0.25, -0.2) is 0 Å². The minimum absolute atomic E-state index is 0.286. The van der Waals surface area contributed by atoms with Crippen LogP contribution in [0.2, 0.25) is 0 Å². The summed E-state index contributed by atoms with van der Waals surface area (Å²) >= 11 is 6.45. The van der Waals surface area contributed by atoms with Gasteiger partial charge in [0.15, 0.2) is 10.8 Å².